The predicted octanol–water partition coefficient (Wildman–Crippen LogP) is 5.29. The van der Waals surface area contributed by atoms with Crippen LogP contribution in [0, 0.1) is 5.92 Å². The Morgan fingerprint density at radius 2 is 2.03 bits per heavy atom. The molecule has 6 heteroatoms. The lowest BCUT2D eigenvalue weighted by Gasteiger charge is -2.31. The molecule has 0 saturated heterocycles. The molecule has 1 saturated carbocycles. The first-order chi connectivity index (χ1) is 14.0. The largest absolute Gasteiger partial charge is 0.349 e. The number of anilines is 1. The number of hydrogen-bond acceptors (Lipinski definition) is 3. The van der Waals surface area contributed by atoms with E-state index < -0.39 is 0 Å². The number of carbonyl (C=O) groups excluding carboxylic acids is 2. The standard InChI is InChI=1S/C23H25ClN2O2S/c1-15-5-2-3-8-19(15)25-23(28)17-9-10-21-20(12-17)26(22(27)14-29-21)13-16-6-4-7-18(24)11-16/h4,6-7,9-12,15,19H,2-3,5,8,13-14H2,1H3,(H,25,28)/t15-,19+/m1/s1. The molecule has 0 aromatic heterocycles. The summed E-state index contributed by atoms with van der Waals surface area (Å²) in [7, 11) is 0. The number of rotatable bonds is 4. The number of hydrogen-bond donors (Lipinski definition) is 1. The molecule has 1 aliphatic heterocycles. The molecule has 1 aliphatic carbocycles. The molecule has 0 radical (unpaired) electrons. The fraction of sp³-hybridized carbons (Fsp3) is 0.391. The molecule has 0 bridgehead atoms. The van der Waals surface area contributed by atoms with Crippen molar-refractivity contribution in [2.24, 2.45) is 5.92 Å². The summed E-state index contributed by atoms with van der Waals surface area (Å²) in [6.45, 7) is 2.65. The molecule has 4 rings (SSSR count). The normalized spacial score (nSPS) is 21.6. The first-order valence-corrected chi connectivity index (χ1v) is 11.5. The van der Waals surface area contributed by atoms with Gasteiger partial charge < -0.3 is 10.2 Å². The molecular formula is C23H25ClN2O2S. The molecule has 29 heavy (non-hydrogen) atoms. The molecule has 152 valence electrons. The van der Waals surface area contributed by atoms with Gasteiger partial charge >= 0.3 is 0 Å². The molecule has 2 amide bonds. The van der Waals surface area contributed by atoms with Crippen molar-refractivity contribution in [2.45, 2.75) is 50.1 Å². The third kappa shape index (κ3) is 4.62. The van der Waals surface area contributed by atoms with E-state index in [1.165, 1.54) is 18.2 Å². The molecule has 0 unspecified atom stereocenters. The van der Waals surface area contributed by atoms with Crippen molar-refractivity contribution in [1.29, 1.82) is 0 Å². The highest BCUT2D eigenvalue weighted by Gasteiger charge is 2.27. The summed E-state index contributed by atoms with van der Waals surface area (Å²) in [5.74, 6) is 0.888. The topological polar surface area (TPSA) is 49.4 Å². The minimum Gasteiger partial charge on any atom is -0.349 e. The highest BCUT2D eigenvalue weighted by Crippen LogP contribution is 2.37. The van der Waals surface area contributed by atoms with Crippen LogP contribution in [0.3, 0.4) is 0 Å². The number of carbonyl (C=O) groups is 2. The molecule has 2 aromatic carbocycles. The van der Waals surface area contributed by atoms with Crippen molar-refractivity contribution >= 4 is 40.9 Å². The van der Waals surface area contributed by atoms with Gasteiger partial charge in [0.15, 0.2) is 0 Å². The van der Waals surface area contributed by atoms with Gasteiger partial charge in [-0.05, 0) is 54.7 Å². The van der Waals surface area contributed by atoms with E-state index in [9.17, 15) is 9.59 Å². The zero-order valence-electron chi connectivity index (χ0n) is 16.5. The first kappa shape index (κ1) is 20.3. The van der Waals surface area contributed by atoms with Gasteiger partial charge in [-0.25, -0.2) is 0 Å². The lowest BCUT2D eigenvalue weighted by Crippen LogP contribution is -2.41. The van der Waals surface area contributed by atoms with Crippen LogP contribution in [0.4, 0.5) is 5.69 Å². The summed E-state index contributed by atoms with van der Waals surface area (Å²) in [5, 5.41) is 3.86. The van der Waals surface area contributed by atoms with Gasteiger partial charge in [-0.15, -0.1) is 11.8 Å². The van der Waals surface area contributed by atoms with Gasteiger partial charge in [0.25, 0.3) is 5.91 Å². The van der Waals surface area contributed by atoms with Crippen LogP contribution >= 0.6 is 23.4 Å². The van der Waals surface area contributed by atoms with Gasteiger partial charge in [-0.3, -0.25) is 9.59 Å². The average Bonchev–Trinajstić information content (AvgIpc) is 2.71. The van der Waals surface area contributed by atoms with Crippen LogP contribution in [0.1, 0.15) is 48.5 Å². The Labute approximate surface area is 181 Å². The smallest absolute Gasteiger partial charge is 0.251 e. The number of amides is 2. The van der Waals surface area contributed by atoms with E-state index in [-0.39, 0.29) is 17.9 Å². The van der Waals surface area contributed by atoms with E-state index in [0.29, 0.717) is 28.8 Å². The number of halogens is 1. The molecule has 2 aliphatic rings. The number of nitrogens with zero attached hydrogens (tertiary/aromatic N) is 1. The second kappa shape index (κ2) is 8.80. The Kier molecular flexibility index (Phi) is 6.16. The second-order valence-corrected chi connectivity index (χ2v) is 9.38. The highest BCUT2D eigenvalue weighted by molar-refractivity contribution is 8.00. The summed E-state index contributed by atoms with van der Waals surface area (Å²) in [4.78, 5) is 28.3. The van der Waals surface area contributed by atoms with Crippen molar-refractivity contribution in [1.82, 2.24) is 5.32 Å². The number of fused-ring (bicyclic) bond motifs is 1. The quantitative estimate of drug-likeness (QED) is 0.719. The van der Waals surface area contributed by atoms with Crippen molar-refractivity contribution in [3.8, 4) is 0 Å². The highest BCUT2D eigenvalue weighted by atomic mass is 35.5. The fourth-order valence-corrected chi connectivity index (χ4v) is 5.25. The Bertz CT molecular complexity index is 933. The lowest BCUT2D eigenvalue weighted by atomic mass is 9.86. The van der Waals surface area contributed by atoms with Crippen molar-refractivity contribution in [3.05, 3.63) is 58.6 Å². The van der Waals surface area contributed by atoms with Crippen molar-refractivity contribution in [2.75, 3.05) is 10.7 Å². The zero-order chi connectivity index (χ0) is 20.4. The van der Waals surface area contributed by atoms with E-state index in [2.05, 4.69) is 12.2 Å². The predicted molar refractivity (Wildman–Crippen MR) is 119 cm³/mol. The molecule has 0 spiro atoms. The van der Waals surface area contributed by atoms with Crippen LogP contribution in [-0.2, 0) is 11.3 Å². The third-order valence-corrected chi connectivity index (χ3v) is 7.10. The van der Waals surface area contributed by atoms with Crippen LogP contribution in [0.15, 0.2) is 47.4 Å². The Hall–Kier alpha value is -1.98. The monoisotopic (exact) mass is 428 g/mol. The molecule has 1 heterocycles. The van der Waals surface area contributed by atoms with E-state index in [0.717, 1.165) is 35.4 Å². The van der Waals surface area contributed by atoms with Crippen LogP contribution in [-0.4, -0.2) is 23.6 Å². The van der Waals surface area contributed by atoms with Gasteiger partial charge in [0.2, 0.25) is 5.91 Å². The van der Waals surface area contributed by atoms with E-state index >= 15 is 0 Å². The van der Waals surface area contributed by atoms with Crippen LogP contribution in [0.2, 0.25) is 5.02 Å². The second-order valence-electron chi connectivity index (χ2n) is 7.92. The number of nitrogens with one attached hydrogen (secondary N) is 1. The maximum absolute atomic E-state index is 12.9. The van der Waals surface area contributed by atoms with Crippen molar-refractivity contribution < 1.29 is 9.59 Å². The molecule has 4 nitrogen and oxygen atoms in total. The summed E-state index contributed by atoms with van der Waals surface area (Å²) < 4.78 is 0. The lowest BCUT2D eigenvalue weighted by molar-refractivity contribution is -0.116. The minimum absolute atomic E-state index is 0.0425. The van der Waals surface area contributed by atoms with Gasteiger partial charge in [0.1, 0.15) is 0 Å². The average molecular weight is 429 g/mol. The van der Waals surface area contributed by atoms with E-state index in [1.807, 2.05) is 42.5 Å². The third-order valence-electron chi connectivity index (χ3n) is 5.82. The Balaban J connectivity index is 1.57. The summed E-state index contributed by atoms with van der Waals surface area (Å²) in [5.41, 5.74) is 2.37. The molecule has 1 fully saturated rings. The van der Waals surface area contributed by atoms with E-state index in [4.69, 9.17) is 11.6 Å². The Morgan fingerprint density at radius 1 is 1.21 bits per heavy atom. The van der Waals surface area contributed by atoms with Crippen LogP contribution in [0.25, 0.3) is 0 Å². The SMILES string of the molecule is C[C@@H]1CCCC[C@@H]1NC(=O)c1ccc2c(c1)N(Cc1cccc(Cl)c1)C(=O)CS2. The maximum Gasteiger partial charge on any atom is 0.251 e. The van der Waals surface area contributed by atoms with E-state index in [1.54, 1.807) is 4.90 Å². The molecule has 2 aromatic rings. The van der Waals surface area contributed by atoms with Gasteiger partial charge in [0, 0.05) is 21.5 Å². The number of thioether (sulfide) groups is 1. The molecule has 1 N–H and O–H groups in total. The molecular weight excluding hydrogens is 404 g/mol. The number of benzene rings is 2. The summed E-state index contributed by atoms with van der Waals surface area (Å²) in [6.07, 6.45) is 4.60. The van der Waals surface area contributed by atoms with Gasteiger partial charge in [0.05, 0.1) is 18.0 Å². The summed E-state index contributed by atoms with van der Waals surface area (Å²) in [6, 6.07) is 13.4. The first-order valence-electron chi connectivity index (χ1n) is 10.1. The maximum atomic E-state index is 12.9. The Morgan fingerprint density at radius 3 is 2.83 bits per heavy atom. The van der Waals surface area contributed by atoms with Gasteiger partial charge in [-0.2, -0.15) is 0 Å². The van der Waals surface area contributed by atoms with Crippen LogP contribution in [0.5, 0.6) is 0 Å². The minimum atomic E-state index is -0.0581. The van der Waals surface area contributed by atoms with Gasteiger partial charge in [-0.1, -0.05) is 43.5 Å². The van der Waals surface area contributed by atoms with Crippen molar-refractivity contribution in [3.63, 3.8) is 0 Å². The summed E-state index contributed by atoms with van der Waals surface area (Å²) >= 11 is 7.63. The molecule has 2 atom stereocenters. The fourth-order valence-electron chi connectivity index (χ4n) is 4.12. The van der Waals surface area contributed by atoms with Crippen LogP contribution < -0.4 is 10.2 Å². The zero-order valence-corrected chi connectivity index (χ0v) is 18.1.